The van der Waals surface area contributed by atoms with E-state index in [1.54, 1.807) is 0 Å². The second-order valence-electron chi connectivity index (χ2n) is 4.57. The van der Waals surface area contributed by atoms with Gasteiger partial charge in [0, 0.05) is 49.9 Å². The van der Waals surface area contributed by atoms with E-state index in [4.69, 9.17) is 5.53 Å². The van der Waals surface area contributed by atoms with Gasteiger partial charge in [0.25, 0.3) is 0 Å². The summed E-state index contributed by atoms with van der Waals surface area (Å²) in [6.45, 7) is 7.75. The molecule has 0 radical (unpaired) electrons. The number of rotatable bonds is 4. The summed E-state index contributed by atoms with van der Waals surface area (Å²) in [5, 5.41) is 3.58. The Kier molecular flexibility index (Phi) is 4.45. The van der Waals surface area contributed by atoms with Crippen LogP contribution in [0.1, 0.15) is 5.56 Å². The monoisotopic (exact) mass is 245 g/mol. The van der Waals surface area contributed by atoms with Gasteiger partial charge in [0.1, 0.15) is 0 Å². The summed E-state index contributed by atoms with van der Waals surface area (Å²) in [7, 11) is 0. The van der Waals surface area contributed by atoms with E-state index < -0.39 is 0 Å². The summed E-state index contributed by atoms with van der Waals surface area (Å²) < 4.78 is 0. The summed E-state index contributed by atoms with van der Waals surface area (Å²) >= 11 is 0. The first-order chi connectivity index (χ1) is 8.81. The van der Waals surface area contributed by atoms with Crippen LogP contribution in [0.3, 0.4) is 0 Å². The van der Waals surface area contributed by atoms with E-state index in [0.29, 0.717) is 6.54 Å². The number of piperazine rings is 1. The van der Waals surface area contributed by atoms with Crippen molar-refractivity contribution in [1.82, 2.24) is 4.90 Å². The quantitative estimate of drug-likeness (QED) is 0.464. The predicted molar refractivity (Wildman–Crippen MR) is 73.8 cm³/mol. The maximum atomic E-state index is 8.25. The molecule has 18 heavy (non-hydrogen) atoms. The minimum atomic E-state index is 0.570. The highest BCUT2D eigenvalue weighted by atomic mass is 15.3. The molecular weight excluding hydrogens is 226 g/mol. The summed E-state index contributed by atoms with van der Waals surface area (Å²) in [5.74, 6) is 0. The molecule has 0 atom stereocenters. The molecule has 1 aliphatic heterocycles. The van der Waals surface area contributed by atoms with Crippen molar-refractivity contribution in [3.63, 3.8) is 0 Å². The molecule has 96 valence electrons. The molecule has 0 bridgehead atoms. The van der Waals surface area contributed by atoms with Gasteiger partial charge in [-0.25, -0.2) is 0 Å². The van der Waals surface area contributed by atoms with Crippen LogP contribution in [0.2, 0.25) is 0 Å². The Morgan fingerprint density at radius 3 is 2.61 bits per heavy atom. The lowest BCUT2D eigenvalue weighted by molar-refractivity contribution is 0.265. The van der Waals surface area contributed by atoms with Crippen LogP contribution in [0.15, 0.2) is 29.4 Å². The molecule has 1 saturated heterocycles. The zero-order chi connectivity index (χ0) is 12.8. The zero-order valence-electron chi connectivity index (χ0n) is 10.8. The van der Waals surface area contributed by atoms with Crippen molar-refractivity contribution in [3.8, 4) is 0 Å². The summed E-state index contributed by atoms with van der Waals surface area (Å²) in [6, 6.07) is 8.51. The Morgan fingerprint density at radius 2 is 1.94 bits per heavy atom. The first-order valence-electron chi connectivity index (χ1n) is 6.35. The Balaban J connectivity index is 1.87. The van der Waals surface area contributed by atoms with E-state index in [0.717, 1.165) is 32.7 Å². The van der Waals surface area contributed by atoms with Gasteiger partial charge < -0.3 is 4.90 Å². The third-order valence-corrected chi connectivity index (χ3v) is 3.41. The van der Waals surface area contributed by atoms with Crippen LogP contribution >= 0.6 is 0 Å². The lowest BCUT2D eigenvalue weighted by atomic mass is 10.1. The molecule has 0 saturated carbocycles. The Labute approximate surface area is 108 Å². The molecule has 1 aliphatic rings. The second-order valence-corrected chi connectivity index (χ2v) is 4.57. The zero-order valence-corrected chi connectivity index (χ0v) is 10.8. The number of anilines is 1. The Morgan fingerprint density at radius 1 is 1.22 bits per heavy atom. The Bertz CT molecular complexity index is 431. The first kappa shape index (κ1) is 12.7. The maximum Gasteiger partial charge on any atom is 0.0396 e. The maximum absolute atomic E-state index is 8.25. The van der Waals surface area contributed by atoms with Crippen LogP contribution < -0.4 is 4.90 Å². The van der Waals surface area contributed by atoms with Gasteiger partial charge >= 0.3 is 0 Å². The van der Waals surface area contributed by atoms with Crippen LogP contribution in [-0.2, 0) is 0 Å². The van der Waals surface area contributed by atoms with Crippen molar-refractivity contribution < 1.29 is 0 Å². The molecule has 0 N–H and O–H groups in total. The molecule has 0 spiro atoms. The van der Waals surface area contributed by atoms with Crippen LogP contribution in [0.4, 0.5) is 5.69 Å². The van der Waals surface area contributed by atoms with Gasteiger partial charge in [-0.05, 0) is 24.1 Å². The van der Waals surface area contributed by atoms with Gasteiger partial charge in [-0.15, -0.1) is 0 Å². The van der Waals surface area contributed by atoms with Gasteiger partial charge in [-0.1, -0.05) is 23.3 Å². The summed E-state index contributed by atoms with van der Waals surface area (Å²) in [5.41, 5.74) is 10.9. The number of hydrogen-bond acceptors (Lipinski definition) is 3. The number of nitrogens with zero attached hydrogens (tertiary/aromatic N) is 5. The number of aryl methyl sites for hydroxylation is 1. The number of para-hydroxylation sites is 1. The summed E-state index contributed by atoms with van der Waals surface area (Å²) in [4.78, 5) is 7.56. The van der Waals surface area contributed by atoms with Crippen LogP contribution in [-0.4, -0.2) is 44.2 Å². The van der Waals surface area contributed by atoms with Crippen LogP contribution in [0.5, 0.6) is 0 Å². The molecule has 1 heterocycles. The van der Waals surface area contributed by atoms with Crippen LogP contribution in [0, 0.1) is 6.92 Å². The van der Waals surface area contributed by atoms with Crippen molar-refractivity contribution >= 4 is 5.69 Å². The highest BCUT2D eigenvalue weighted by molar-refractivity contribution is 5.53. The minimum Gasteiger partial charge on any atom is -0.369 e. The van der Waals surface area contributed by atoms with E-state index in [-0.39, 0.29) is 0 Å². The molecule has 0 amide bonds. The minimum absolute atomic E-state index is 0.570. The molecule has 0 aliphatic carbocycles. The van der Waals surface area contributed by atoms with Gasteiger partial charge in [-0.2, -0.15) is 0 Å². The van der Waals surface area contributed by atoms with Crippen LogP contribution in [0.25, 0.3) is 10.4 Å². The number of azide groups is 1. The topological polar surface area (TPSA) is 55.2 Å². The molecule has 2 rings (SSSR count). The number of hydrogen-bond donors (Lipinski definition) is 0. The molecule has 5 heteroatoms. The molecule has 1 fully saturated rings. The summed E-state index contributed by atoms with van der Waals surface area (Å²) in [6.07, 6.45) is 0. The third kappa shape index (κ3) is 3.15. The van der Waals surface area contributed by atoms with Crippen molar-refractivity contribution in [2.75, 3.05) is 44.2 Å². The van der Waals surface area contributed by atoms with E-state index in [9.17, 15) is 0 Å². The van der Waals surface area contributed by atoms with Gasteiger partial charge in [0.05, 0.1) is 0 Å². The molecular formula is C13H19N5. The fourth-order valence-corrected chi connectivity index (χ4v) is 2.36. The van der Waals surface area contributed by atoms with Gasteiger partial charge in [0.2, 0.25) is 0 Å². The van der Waals surface area contributed by atoms with Crippen molar-refractivity contribution in [2.24, 2.45) is 5.11 Å². The third-order valence-electron chi connectivity index (χ3n) is 3.41. The SMILES string of the molecule is Cc1ccccc1N1CCN(CCN=[N+]=[N-])CC1. The largest absolute Gasteiger partial charge is 0.369 e. The molecule has 1 aromatic carbocycles. The van der Waals surface area contributed by atoms with E-state index in [2.05, 4.69) is 51.0 Å². The van der Waals surface area contributed by atoms with Crippen molar-refractivity contribution in [1.29, 1.82) is 0 Å². The van der Waals surface area contributed by atoms with E-state index in [1.807, 2.05) is 0 Å². The highest BCUT2D eigenvalue weighted by Gasteiger charge is 2.17. The molecule has 0 unspecified atom stereocenters. The fourth-order valence-electron chi connectivity index (χ4n) is 2.36. The first-order valence-corrected chi connectivity index (χ1v) is 6.35. The highest BCUT2D eigenvalue weighted by Crippen LogP contribution is 2.20. The average molecular weight is 245 g/mol. The molecule has 1 aromatic rings. The number of benzene rings is 1. The van der Waals surface area contributed by atoms with E-state index in [1.165, 1.54) is 11.3 Å². The smallest absolute Gasteiger partial charge is 0.0396 e. The normalized spacial score (nSPS) is 16.4. The van der Waals surface area contributed by atoms with Gasteiger partial charge in [0.15, 0.2) is 0 Å². The fraction of sp³-hybridized carbons (Fsp3) is 0.538. The second kappa shape index (κ2) is 6.28. The molecule has 0 aromatic heterocycles. The Hall–Kier alpha value is -1.71. The van der Waals surface area contributed by atoms with Gasteiger partial charge in [-0.3, -0.25) is 4.90 Å². The van der Waals surface area contributed by atoms with E-state index >= 15 is 0 Å². The lowest BCUT2D eigenvalue weighted by Gasteiger charge is -2.36. The average Bonchev–Trinajstić information content (AvgIpc) is 2.41. The predicted octanol–water partition coefficient (Wildman–Crippen LogP) is 2.43. The van der Waals surface area contributed by atoms with Crippen molar-refractivity contribution in [2.45, 2.75) is 6.92 Å². The standard InChI is InChI=1S/C13H19N5/c1-12-4-2-3-5-13(12)18-10-8-17(9-11-18)7-6-15-16-14/h2-5H,6-11H2,1H3. The van der Waals surface area contributed by atoms with Crippen molar-refractivity contribution in [3.05, 3.63) is 40.3 Å². The molecule has 5 nitrogen and oxygen atoms in total. The lowest BCUT2D eigenvalue weighted by Crippen LogP contribution is -2.47.